The molecule has 19 heteroatoms. The first-order valence-electron chi connectivity index (χ1n) is 15.1. The van der Waals surface area contributed by atoms with Crippen LogP contribution in [0.25, 0.3) is 0 Å². The lowest BCUT2D eigenvalue weighted by Crippen LogP contribution is -2.48. The van der Waals surface area contributed by atoms with Crippen LogP contribution < -0.4 is 16.0 Å². The Bertz CT molecular complexity index is 1110. The number of nitrogens with zero attached hydrogens (tertiary/aromatic N) is 1. The molecule has 0 radical (unpaired) electrons. The summed E-state index contributed by atoms with van der Waals surface area (Å²) in [5, 5.41) is 33.5. The Kier molecular flexibility index (Phi) is 31.2. The molecular weight excluding hydrogens is 704 g/mol. The predicted molar refractivity (Wildman–Crippen MR) is 196 cm³/mol. The van der Waals surface area contributed by atoms with Gasteiger partial charge in [-0.1, -0.05) is 29.7 Å². The minimum atomic E-state index is -1.44. The summed E-state index contributed by atoms with van der Waals surface area (Å²) >= 11 is 0. The Balaban J connectivity index is -0.000000155. The number of aliphatic hydroxyl groups excluding tert-OH is 3. The zero-order chi connectivity index (χ0) is 38.9. The molecule has 5 amide bonds. The van der Waals surface area contributed by atoms with Gasteiger partial charge in [0.1, 0.15) is 28.9 Å². The van der Waals surface area contributed by atoms with E-state index >= 15 is 0 Å². The molecule has 0 saturated carbocycles. The predicted octanol–water partition coefficient (Wildman–Crippen LogP) is 2.95. The average Bonchev–Trinajstić information content (AvgIpc) is 3.22. The van der Waals surface area contributed by atoms with Gasteiger partial charge in [0.25, 0.3) is 11.8 Å². The van der Waals surface area contributed by atoms with Gasteiger partial charge < -0.3 is 50.3 Å². The molecule has 0 bridgehead atoms. The highest BCUT2D eigenvalue weighted by atomic mass is 16.7. The van der Waals surface area contributed by atoms with Crippen molar-refractivity contribution in [2.75, 3.05) is 19.8 Å². The fourth-order valence-corrected chi connectivity index (χ4v) is 2.89. The van der Waals surface area contributed by atoms with E-state index in [4.69, 9.17) is 29.5 Å². The number of amides is 5. The van der Waals surface area contributed by atoms with E-state index in [0.29, 0.717) is 5.06 Å². The van der Waals surface area contributed by atoms with Gasteiger partial charge in [0.15, 0.2) is 17.6 Å². The molecule has 0 aromatic rings. The summed E-state index contributed by atoms with van der Waals surface area (Å²) in [5.74, 6) is -3.05. The minimum absolute atomic E-state index is 0. The van der Waals surface area contributed by atoms with Crippen molar-refractivity contribution < 1.29 is 72.7 Å². The lowest BCUT2D eigenvalue weighted by molar-refractivity contribution is -0.199. The zero-order valence-corrected chi connectivity index (χ0v) is 30.0. The Labute approximate surface area is 314 Å². The van der Waals surface area contributed by atoms with Crippen LogP contribution in [0.3, 0.4) is 0 Å². The normalized spacial score (nSPS) is 13.6. The lowest BCUT2D eigenvalue weighted by atomic mass is 10.2. The van der Waals surface area contributed by atoms with Gasteiger partial charge in [-0.2, -0.15) is 0 Å². The first-order valence-corrected chi connectivity index (χ1v) is 15.1. The highest BCUT2D eigenvalue weighted by Crippen LogP contribution is 2.13. The molecule has 314 valence electrons. The molecule has 1 saturated heterocycles. The molecule has 3 atom stereocenters. The monoisotopic (exact) mass is 772 g/mol. The van der Waals surface area contributed by atoms with Crippen LogP contribution in [0.1, 0.15) is 119 Å². The third-order valence-corrected chi connectivity index (χ3v) is 5.07. The maximum Gasteiger partial charge on any atom is 0.408 e. The number of alkyl carbamates (subject to hydrolysis) is 3. The summed E-state index contributed by atoms with van der Waals surface area (Å²) in [6.07, 6.45) is -2.43. The average molecular weight is 773 g/mol. The number of ether oxygens (including phenoxy) is 3. The Morgan fingerprint density at radius 1 is 0.566 bits per heavy atom. The molecule has 1 fully saturated rings. The van der Waals surface area contributed by atoms with Gasteiger partial charge in [-0.25, -0.2) is 19.2 Å². The molecule has 6 N–H and O–H groups in total. The molecule has 1 rings (SSSR count). The van der Waals surface area contributed by atoms with Gasteiger partial charge in [0.2, 0.25) is 0 Å². The van der Waals surface area contributed by atoms with Gasteiger partial charge in [-0.15, -0.1) is 5.06 Å². The molecule has 53 heavy (non-hydrogen) atoms. The molecule has 1 aliphatic heterocycles. The fraction of sp³-hybridized carbons (Fsp3) is 0.765. The van der Waals surface area contributed by atoms with Crippen LogP contribution in [0.2, 0.25) is 0 Å². The fourth-order valence-electron chi connectivity index (χ4n) is 2.89. The van der Waals surface area contributed by atoms with Crippen LogP contribution in [-0.4, -0.2) is 123 Å². The smallest absolute Gasteiger partial charge is 0.408 e. The second-order valence-corrected chi connectivity index (χ2v) is 13.4. The third-order valence-electron chi connectivity index (χ3n) is 5.07. The number of carbonyl (C=O) groups is 8. The maximum absolute atomic E-state index is 11.7. The number of carbonyl (C=O) groups excluding carboxylic acids is 8. The zero-order valence-electron chi connectivity index (χ0n) is 30.0. The Morgan fingerprint density at radius 3 is 1.02 bits per heavy atom. The Hall–Kier alpha value is -4.36. The summed E-state index contributed by atoms with van der Waals surface area (Å²) in [6, 6.07) is -3.21. The van der Waals surface area contributed by atoms with Crippen molar-refractivity contribution in [3.63, 3.8) is 0 Å². The number of aliphatic hydroxyl groups is 3. The van der Waals surface area contributed by atoms with E-state index in [-0.39, 0.29) is 54.1 Å². The van der Waals surface area contributed by atoms with E-state index in [1.54, 1.807) is 62.3 Å². The number of rotatable bonds is 10. The largest absolute Gasteiger partial charge is 0.444 e. The van der Waals surface area contributed by atoms with Crippen LogP contribution in [0.5, 0.6) is 0 Å². The standard InChI is InChI=1S/C12H18N2O7.2C9H17NO4.4CH4/c1-12(2,3)20-11(19)13-7(6-15)10(18)21-14-8(16)4-5-9(14)17;2*1-6(12)7(5-11)10-8(13)14-9(2,3)4;;;;/h7,15H,4-6H2,1-3H3,(H,13,19);2*7,11H,5H2,1-4H3,(H,10,13);4*1H4. The van der Waals surface area contributed by atoms with Crippen LogP contribution >= 0.6 is 0 Å². The summed E-state index contributed by atoms with van der Waals surface area (Å²) in [6.45, 7) is 16.1. The van der Waals surface area contributed by atoms with Gasteiger partial charge in [-0.3, -0.25) is 19.2 Å². The lowest BCUT2D eigenvalue weighted by Gasteiger charge is -2.22. The van der Waals surface area contributed by atoms with E-state index < -0.39 is 90.8 Å². The number of ketones is 2. The molecule has 0 aromatic carbocycles. The molecule has 1 aliphatic rings. The van der Waals surface area contributed by atoms with Gasteiger partial charge in [-0.05, 0) is 76.2 Å². The highest BCUT2D eigenvalue weighted by molar-refractivity contribution is 6.02. The van der Waals surface area contributed by atoms with Crippen molar-refractivity contribution in [1.82, 2.24) is 21.0 Å². The molecule has 0 aromatic heterocycles. The SMILES string of the molecule is C.C.C.C.CC(=O)C(CO)NC(=O)OC(C)(C)C.CC(=O)C(CO)NC(=O)OC(C)(C)C.CC(C)(C)OC(=O)NC(CO)C(=O)ON1C(=O)CCC1=O. The molecule has 0 aliphatic carbocycles. The Morgan fingerprint density at radius 2 is 0.811 bits per heavy atom. The topological polar surface area (TPSA) is 274 Å². The first-order chi connectivity index (χ1) is 22.2. The van der Waals surface area contributed by atoms with Gasteiger partial charge in [0.05, 0.1) is 19.8 Å². The number of hydrogen-bond acceptors (Lipinski definition) is 15. The van der Waals surface area contributed by atoms with E-state index in [1.165, 1.54) is 13.8 Å². The van der Waals surface area contributed by atoms with Crippen molar-refractivity contribution in [1.29, 1.82) is 0 Å². The van der Waals surface area contributed by atoms with Crippen molar-refractivity contribution in [3.8, 4) is 0 Å². The molecule has 0 spiro atoms. The van der Waals surface area contributed by atoms with Crippen molar-refractivity contribution in [2.45, 2.75) is 154 Å². The van der Waals surface area contributed by atoms with E-state index in [2.05, 4.69) is 20.8 Å². The van der Waals surface area contributed by atoms with Crippen molar-refractivity contribution in [2.24, 2.45) is 0 Å². The number of Topliss-reactive ketones (excluding diaryl/α,β-unsaturated/α-hetero) is 2. The van der Waals surface area contributed by atoms with E-state index in [9.17, 15) is 38.4 Å². The van der Waals surface area contributed by atoms with Crippen LogP contribution in [0.4, 0.5) is 14.4 Å². The second-order valence-electron chi connectivity index (χ2n) is 13.4. The first kappa shape index (κ1) is 60.7. The van der Waals surface area contributed by atoms with Gasteiger partial charge >= 0.3 is 24.2 Å². The molecule has 3 unspecified atom stereocenters. The minimum Gasteiger partial charge on any atom is -0.444 e. The van der Waals surface area contributed by atoms with Gasteiger partial charge in [0, 0.05) is 12.8 Å². The number of imide groups is 1. The number of nitrogens with one attached hydrogen (secondary N) is 3. The van der Waals surface area contributed by atoms with Crippen molar-refractivity contribution in [3.05, 3.63) is 0 Å². The summed E-state index contributed by atoms with van der Waals surface area (Å²) in [5.41, 5.74) is -2.00. The van der Waals surface area contributed by atoms with Crippen LogP contribution in [-0.2, 0) is 43.0 Å². The maximum atomic E-state index is 11.7. The van der Waals surface area contributed by atoms with Crippen LogP contribution in [0, 0.1) is 0 Å². The van der Waals surface area contributed by atoms with Crippen LogP contribution in [0.15, 0.2) is 0 Å². The summed E-state index contributed by atoms with van der Waals surface area (Å²) in [4.78, 5) is 94.4. The highest BCUT2D eigenvalue weighted by Gasteiger charge is 2.35. The number of hydroxylamine groups is 2. The third kappa shape index (κ3) is 29.9. The van der Waals surface area contributed by atoms with Crippen molar-refractivity contribution >= 4 is 47.6 Å². The second kappa shape index (κ2) is 27.3. The molecular formula is C34H68N4O15. The van der Waals surface area contributed by atoms with E-state index in [0.717, 1.165) is 0 Å². The van der Waals surface area contributed by atoms with E-state index in [1.807, 2.05) is 0 Å². The molecule has 19 nitrogen and oxygen atoms in total. The quantitative estimate of drug-likeness (QED) is 0.138. The number of hydrogen-bond donors (Lipinski definition) is 6. The summed E-state index contributed by atoms with van der Waals surface area (Å²) < 4.78 is 14.7. The molecule has 1 heterocycles. The summed E-state index contributed by atoms with van der Waals surface area (Å²) in [7, 11) is 0.